The molecule has 0 spiro atoms. The fourth-order valence-corrected chi connectivity index (χ4v) is 1.98. The largest absolute Gasteiger partial charge is 0.128 e. The van der Waals surface area contributed by atoms with Gasteiger partial charge in [0, 0.05) is 5.25 Å². The molecule has 0 fully saturated rings. The predicted molar refractivity (Wildman–Crippen MR) is 40.0 cm³/mol. The van der Waals surface area contributed by atoms with Crippen LogP contribution in [0.1, 0.15) is 26.7 Å². The summed E-state index contributed by atoms with van der Waals surface area (Å²) in [6, 6.07) is 0. The number of rotatable bonds is 1. The molecule has 1 unspecified atom stereocenters. The number of thioether (sulfide) groups is 1. The van der Waals surface area contributed by atoms with E-state index < -0.39 is 0 Å². The topological polar surface area (TPSA) is 0 Å². The SMILES string of the molecule is CCC1CC=C(C)S1. The third-order valence-electron chi connectivity index (χ3n) is 1.48. The zero-order valence-electron chi connectivity index (χ0n) is 5.48. The Morgan fingerprint density at radius 2 is 2.62 bits per heavy atom. The molecule has 0 nitrogen and oxygen atoms in total. The van der Waals surface area contributed by atoms with Gasteiger partial charge in [0.05, 0.1) is 0 Å². The van der Waals surface area contributed by atoms with Crippen LogP contribution in [-0.4, -0.2) is 5.25 Å². The van der Waals surface area contributed by atoms with Crippen molar-refractivity contribution in [2.24, 2.45) is 0 Å². The van der Waals surface area contributed by atoms with Gasteiger partial charge in [0.2, 0.25) is 0 Å². The van der Waals surface area contributed by atoms with E-state index in [0.29, 0.717) is 0 Å². The lowest BCUT2D eigenvalue weighted by molar-refractivity contribution is 0.849. The molecular weight excluding hydrogens is 116 g/mol. The molecule has 0 N–H and O–H groups in total. The van der Waals surface area contributed by atoms with E-state index in [0.717, 1.165) is 5.25 Å². The minimum atomic E-state index is 0.898. The number of hydrogen-bond donors (Lipinski definition) is 0. The Morgan fingerprint density at radius 3 is 2.88 bits per heavy atom. The van der Waals surface area contributed by atoms with Crippen LogP contribution >= 0.6 is 11.8 Å². The van der Waals surface area contributed by atoms with E-state index >= 15 is 0 Å². The molecule has 8 heavy (non-hydrogen) atoms. The van der Waals surface area contributed by atoms with Crippen molar-refractivity contribution in [3.05, 3.63) is 11.0 Å². The van der Waals surface area contributed by atoms with Crippen LogP contribution in [0, 0.1) is 0 Å². The van der Waals surface area contributed by atoms with Crippen molar-refractivity contribution < 1.29 is 0 Å². The van der Waals surface area contributed by atoms with Crippen LogP contribution in [0.25, 0.3) is 0 Å². The summed E-state index contributed by atoms with van der Waals surface area (Å²) in [5, 5.41) is 0.898. The Morgan fingerprint density at radius 1 is 1.88 bits per heavy atom. The van der Waals surface area contributed by atoms with E-state index in [1.807, 2.05) is 11.8 Å². The first kappa shape index (κ1) is 6.21. The maximum atomic E-state index is 2.33. The summed E-state index contributed by atoms with van der Waals surface area (Å²) >= 11 is 2.03. The van der Waals surface area contributed by atoms with Gasteiger partial charge < -0.3 is 0 Å². The van der Waals surface area contributed by atoms with Crippen molar-refractivity contribution in [2.45, 2.75) is 31.9 Å². The molecule has 1 aliphatic heterocycles. The van der Waals surface area contributed by atoms with Crippen LogP contribution in [0.15, 0.2) is 11.0 Å². The average Bonchev–Trinajstić information content (AvgIpc) is 2.14. The van der Waals surface area contributed by atoms with Gasteiger partial charge in [-0.25, -0.2) is 0 Å². The molecule has 46 valence electrons. The fourth-order valence-electron chi connectivity index (χ4n) is 0.907. The van der Waals surface area contributed by atoms with Gasteiger partial charge in [-0.3, -0.25) is 0 Å². The molecule has 0 amide bonds. The van der Waals surface area contributed by atoms with Crippen LogP contribution in [-0.2, 0) is 0 Å². The van der Waals surface area contributed by atoms with Crippen LogP contribution in [0.4, 0.5) is 0 Å². The molecule has 0 saturated heterocycles. The van der Waals surface area contributed by atoms with Gasteiger partial charge in [0.15, 0.2) is 0 Å². The molecule has 1 heteroatoms. The van der Waals surface area contributed by atoms with Crippen molar-refractivity contribution in [1.82, 2.24) is 0 Å². The second kappa shape index (κ2) is 2.58. The van der Waals surface area contributed by atoms with E-state index in [1.165, 1.54) is 17.7 Å². The number of hydrogen-bond acceptors (Lipinski definition) is 1. The highest BCUT2D eigenvalue weighted by molar-refractivity contribution is 8.03. The van der Waals surface area contributed by atoms with Crippen molar-refractivity contribution in [1.29, 1.82) is 0 Å². The van der Waals surface area contributed by atoms with Crippen LogP contribution in [0.3, 0.4) is 0 Å². The van der Waals surface area contributed by atoms with Gasteiger partial charge in [-0.1, -0.05) is 13.0 Å². The third kappa shape index (κ3) is 1.28. The Hall–Kier alpha value is 0.0900. The average molecular weight is 128 g/mol. The summed E-state index contributed by atoms with van der Waals surface area (Å²) in [6.07, 6.45) is 4.95. The maximum Gasteiger partial charge on any atom is 0.0123 e. The van der Waals surface area contributed by atoms with Crippen molar-refractivity contribution in [3.63, 3.8) is 0 Å². The highest BCUT2D eigenvalue weighted by Crippen LogP contribution is 2.32. The molecular formula is C7H12S. The smallest absolute Gasteiger partial charge is 0.0123 e. The lowest BCUT2D eigenvalue weighted by Gasteiger charge is -2.01. The maximum absolute atomic E-state index is 2.33. The molecule has 0 aliphatic carbocycles. The molecule has 1 heterocycles. The number of allylic oxidation sites excluding steroid dienone is 2. The normalized spacial score (nSPS) is 28.2. The standard InChI is InChI=1S/C7H12S/c1-3-7-5-4-6(2)8-7/h4,7H,3,5H2,1-2H3. The van der Waals surface area contributed by atoms with E-state index in [2.05, 4.69) is 19.9 Å². The summed E-state index contributed by atoms with van der Waals surface area (Å²) in [6.45, 7) is 4.45. The van der Waals surface area contributed by atoms with E-state index in [-0.39, 0.29) is 0 Å². The lowest BCUT2D eigenvalue weighted by Crippen LogP contribution is -1.91. The zero-order chi connectivity index (χ0) is 5.98. The minimum Gasteiger partial charge on any atom is -0.128 e. The van der Waals surface area contributed by atoms with Crippen molar-refractivity contribution >= 4 is 11.8 Å². The van der Waals surface area contributed by atoms with Crippen LogP contribution in [0.2, 0.25) is 0 Å². The summed E-state index contributed by atoms with van der Waals surface area (Å²) in [7, 11) is 0. The van der Waals surface area contributed by atoms with E-state index in [1.54, 1.807) is 0 Å². The van der Waals surface area contributed by atoms with Crippen molar-refractivity contribution in [2.75, 3.05) is 0 Å². The van der Waals surface area contributed by atoms with E-state index in [4.69, 9.17) is 0 Å². The summed E-state index contributed by atoms with van der Waals surface area (Å²) < 4.78 is 0. The second-order valence-corrected chi connectivity index (χ2v) is 3.74. The fraction of sp³-hybridized carbons (Fsp3) is 0.714. The molecule has 1 rings (SSSR count). The van der Waals surface area contributed by atoms with Gasteiger partial charge in [0.25, 0.3) is 0 Å². The van der Waals surface area contributed by atoms with Gasteiger partial charge in [-0.2, -0.15) is 0 Å². The Labute approximate surface area is 55.4 Å². The quantitative estimate of drug-likeness (QED) is 0.523. The molecule has 0 saturated carbocycles. The monoisotopic (exact) mass is 128 g/mol. The highest BCUT2D eigenvalue weighted by atomic mass is 32.2. The molecule has 1 atom stereocenters. The van der Waals surface area contributed by atoms with E-state index in [9.17, 15) is 0 Å². The van der Waals surface area contributed by atoms with Gasteiger partial charge in [-0.05, 0) is 24.7 Å². The van der Waals surface area contributed by atoms with Gasteiger partial charge in [0.1, 0.15) is 0 Å². The first-order chi connectivity index (χ1) is 3.83. The second-order valence-electron chi connectivity index (χ2n) is 2.20. The summed E-state index contributed by atoms with van der Waals surface area (Å²) in [5.41, 5.74) is 0. The molecule has 0 aromatic carbocycles. The van der Waals surface area contributed by atoms with Crippen LogP contribution in [0.5, 0.6) is 0 Å². The van der Waals surface area contributed by atoms with Crippen molar-refractivity contribution in [3.8, 4) is 0 Å². The predicted octanol–water partition coefficient (Wildman–Crippen LogP) is 2.81. The molecule has 0 aromatic heterocycles. The Balaban J connectivity index is 2.32. The third-order valence-corrected chi connectivity index (χ3v) is 2.87. The van der Waals surface area contributed by atoms with Crippen LogP contribution < -0.4 is 0 Å². The summed E-state index contributed by atoms with van der Waals surface area (Å²) in [5.74, 6) is 0. The van der Waals surface area contributed by atoms with Gasteiger partial charge >= 0.3 is 0 Å². The first-order valence-corrected chi connectivity index (χ1v) is 4.04. The molecule has 0 bridgehead atoms. The summed E-state index contributed by atoms with van der Waals surface area (Å²) in [4.78, 5) is 1.51. The lowest BCUT2D eigenvalue weighted by atomic mass is 10.2. The minimum absolute atomic E-state index is 0.898. The van der Waals surface area contributed by atoms with Gasteiger partial charge in [-0.15, -0.1) is 11.8 Å². The Bertz CT molecular complexity index is 105. The first-order valence-electron chi connectivity index (χ1n) is 3.16. The molecule has 0 radical (unpaired) electrons. The zero-order valence-corrected chi connectivity index (χ0v) is 6.29. The Kier molecular flexibility index (Phi) is 2.01. The molecule has 0 aromatic rings. The molecule has 1 aliphatic rings. The highest BCUT2D eigenvalue weighted by Gasteiger charge is 2.11.